The number of carbonyl (C=O) groups excluding carboxylic acids is 1. The number of benzene rings is 1. The smallest absolute Gasteiger partial charge is 0.410 e. The molecule has 1 aliphatic heterocycles. The number of amides is 1. The Balaban J connectivity index is 1.53. The lowest BCUT2D eigenvalue weighted by atomic mass is 10.1. The molecule has 1 fully saturated rings. The molecule has 1 aromatic heterocycles. The predicted octanol–water partition coefficient (Wildman–Crippen LogP) is 2.80. The van der Waals surface area contributed by atoms with Crippen LogP contribution in [0.2, 0.25) is 0 Å². The van der Waals surface area contributed by atoms with E-state index in [2.05, 4.69) is 15.9 Å². The van der Waals surface area contributed by atoms with Gasteiger partial charge in [-0.25, -0.2) is 4.79 Å². The lowest BCUT2D eigenvalue weighted by Crippen LogP contribution is -2.52. The molecule has 0 atom stereocenters. The second kappa shape index (κ2) is 6.36. The standard InChI is InChI=1S/C16H15BrN2O3/c17-13-6-7-15(20)19(8-13)14-9-18(10-14)16(21)22-11-12-4-2-1-3-5-12/h1-8,14H,9-11H2. The Hall–Kier alpha value is -2.08. The maximum Gasteiger partial charge on any atom is 0.410 e. The largest absolute Gasteiger partial charge is 0.445 e. The Morgan fingerprint density at radius 1 is 1.18 bits per heavy atom. The number of hydrogen-bond acceptors (Lipinski definition) is 3. The molecule has 1 amide bonds. The number of carbonyl (C=O) groups is 1. The van der Waals surface area contributed by atoms with Crippen LogP contribution in [0.5, 0.6) is 0 Å². The zero-order valence-corrected chi connectivity index (χ0v) is 13.4. The third-order valence-electron chi connectivity index (χ3n) is 3.62. The summed E-state index contributed by atoms with van der Waals surface area (Å²) in [4.78, 5) is 25.3. The van der Waals surface area contributed by atoms with Gasteiger partial charge in [-0.3, -0.25) is 4.79 Å². The van der Waals surface area contributed by atoms with Gasteiger partial charge in [0.05, 0.1) is 6.04 Å². The highest BCUT2D eigenvalue weighted by Gasteiger charge is 2.33. The molecule has 114 valence electrons. The van der Waals surface area contributed by atoms with E-state index in [0.29, 0.717) is 13.1 Å². The van der Waals surface area contributed by atoms with Crippen molar-refractivity contribution in [1.29, 1.82) is 0 Å². The fourth-order valence-corrected chi connectivity index (χ4v) is 2.71. The molecule has 3 rings (SSSR count). The summed E-state index contributed by atoms with van der Waals surface area (Å²) in [7, 11) is 0. The summed E-state index contributed by atoms with van der Waals surface area (Å²) in [6, 6.07) is 12.8. The van der Waals surface area contributed by atoms with Crippen molar-refractivity contribution in [3.63, 3.8) is 0 Å². The first-order valence-corrected chi connectivity index (χ1v) is 7.76. The number of aromatic nitrogens is 1. The SMILES string of the molecule is O=C(OCc1ccccc1)N1CC(n2cc(Br)ccc2=O)C1. The molecular weight excluding hydrogens is 348 g/mol. The summed E-state index contributed by atoms with van der Waals surface area (Å²) in [6.07, 6.45) is 1.41. The molecule has 1 aromatic carbocycles. The van der Waals surface area contributed by atoms with Crippen LogP contribution in [0.15, 0.2) is 57.9 Å². The Labute approximate surface area is 136 Å². The van der Waals surface area contributed by atoms with Crippen molar-refractivity contribution >= 4 is 22.0 Å². The summed E-state index contributed by atoms with van der Waals surface area (Å²) in [5.74, 6) is 0. The predicted molar refractivity (Wildman–Crippen MR) is 85.6 cm³/mol. The molecule has 22 heavy (non-hydrogen) atoms. The van der Waals surface area contributed by atoms with Crippen molar-refractivity contribution in [2.75, 3.05) is 13.1 Å². The summed E-state index contributed by atoms with van der Waals surface area (Å²) in [5, 5.41) is 0. The van der Waals surface area contributed by atoms with Crippen molar-refractivity contribution in [3.05, 3.63) is 69.1 Å². The highest BCUT2D eigenvalue weighted by Crippen LogP contribution is 2.22. The maximum absolute atomic E-state index is 11.9. The van der Waals surface area contributed by atoms with E-state index >= 15 is 0 Å². The third kappa shape index (κ3) is 3.22. The molecule has 5 nitrogen and oxygen atoms in total. The maximum atomic E-state index is 11.9. The van der Waals surface area contributed by atoms with E-state index in [-0.39, 0.29) is 24.3 Å². The van der Waals surface area contributed by atoms with Crippen molar-refractivity contribution in [2.45, 2.75) is 12.6 Å². The molecule has 1 saturated heterocycles. The number of nitrogens with zero attached hydrogens (tertiary/aromatic N) is 2. The molecule has 0 unspecified atom stereocenters. The van der Waals surface area contributed by atoms with Crippen LogP contribution in [-0.4, -0.2) is 28.6 Å². The number of pyridine rings is 1. The number of rotatable bonds is 3. The number of halogens is 1. The molecule has 2 heterocycles. The highest BCUT2D eigenvalue weighted by molar-refractivity contribution is 9.10. The van der Waals surface area contributed by atoms with E-state index in [1.54, 1.807) is 21.7 Å². The first-order chi connectivity index (χ1) is 10.6. The molecular formula is C16H15BrN2O3. The van der Waals surface area contributed by atoms with Gasteiger partial charge in [0.1, 0.15) is 6.61 Å². The van der Waals surface area contributed by atoms with E-state index in [4.69, 9.17) is 4.74 Å². The summed E-state index contributed by atoms with van der Waals surface area (Å²) < 4.78 is 7.75. The first-order valence-electron chi connectivity index (χ1n) is 6.97. The van der Waals surface area contributed by atoms with Crippen LogP contribution in [0.3, 0.4) is 0 Å². The van der Waals surface area contributed by atoms with Gasteiger partial charge < -0.3 is 14.2 Å². The molecule has 0 radical (unpaired) electrons. The fraction of sp³-hybridized carbons (Fsp3) is 0.250. The highest BCUT2D eigenvalue weighted by atomic mass is 79.9. The monoisotopic (exact) mass is 362 g/mol. The summed E-state index contributed by atoms with van der Waals surface area (Å²) in [5.41, 5.74) is 0.890. The lowest BCUT2D eigenvalue weighted by Gasteiger charge is -2.39. The van der Waals surface area contributed by atoms with E-state index in [1.807, 2.05) is 30.3 Å². The Morgan fingerprint density at radius 2 is 1.91 bits per heavy atom. The minimum atomic E-state index is -0.344. The molecule has 0 aliphatic carbocycles. The second-order valence-electron chi connectivity index (χ2n) is 5.19. The topological polar surface area (TPSA) is 51.5 Å². The van der Waals surface area contributed by atoms with Gasteiger partial charge in [0.25, 0.3) is 5.56 Å². The second-order valence-corrected chi connectivity index (χ2v) is 6.11. The fourth-order valence-electron chi connectivity index (χ4n) is 2.35. The van der Waals surface area contributed by atoms with Gasteiger partial charge in [0, 0.05) is 29.8 Å². The van der Waals surface area contributed by atoms with Gasteiger partial charge in [-0.1, -0.05) is 30.3 Å². The van der Waals surface area contributed by atoms with Gasteiger partial charge in [-0.05, 0) is 27.6 Å². The molecule has 0 spiro atoms. The molecule has 1 aliphatic rings. The zero-order valence-electron chi connectivity index (χ0n) is 11.8. The Kier molecular flexibility index (Phi) is 4.29. The Morgan fingerprint density at radius 3 is 2.64 bits per heavy atom. The molecule has 0 bridgehead atoms. The van der Waals surface area contributed by atoms with Crippen LogP contribution >= 0.6 is 15.9 Å². The van der Waals surface area contributed by atoms with Crippen LogP contribution in [0.4, 0.5) is 4.79 Å². The van der Waals surface area contributed by atoms with Gasteiger partial charge in [-0.15, -0.1) is 0 Å². The molecule has 0 N–H and O–H groups in total. The van der Waals surface area contributed by atoms with E-state index in [0.717, 1.165) is 10.0 Å². The Bertz CT molecular complexity index is 724. The van der Waals surface area contributed by atoms with E-state index < -0.39 is 0 Å². The van der Waals surface area contributed by atoms with Crippen molar-refractivity contribution < 1.29 is 9.53 Å². The van der Waals surface area contributed by atoms with Crippen molar-refractivity contribution in [3.8, 4) is 0 Å². The quantitative estimate of drug-likeness (QED) is 0.843. The summed E-state index contributed by atoms with van der Waals surface area (Å²) in [6.45, 7) is 1.24. The van der Waals surface area contributed by atoms with Crippen LogP contribution in [0.1, 0.15) is 11.6 Å². The van der Waals surface area contributed by atoms with E-state index in [1.165, 1.54) is 6.07 Å². The number of hydrogen-bond donors (Lipinski definition) is 0. The van der Waals surface area contributed by atoms with Gasteiger partial charge in [0.15, 0.2) is 0 Å². The van der Waals surface area contributed by atoms with Crippen molar-refractivity contribution in [2.24, 2.45) is 0 Å². The zero-order chi connectivity index (χ0) is 15.5. The lowest BCUT2D eigenvalue weighted by molar-refractivity contribution is 0.0518. The number of ether oxygens (including phenoxy) is 1. The van der Waals surface area contributed by atoms with Crippen LogP contribution in [-0.2, 0) is 11.3 Å². The normalized spacial score (nSPS) is 14.5. The van der Waals surface area contributed by atoms with Gasteiger partial charge in [0.2, 0.25) is 0 Å². The average molecular weight is 363 g/mol. The molecule has 6 heteroatoms. The minimum Gasteiger partial charge on any atom is -0.445 e. The number of likely N-dealkylation sites (tertiary alicyclic amines) is 1. The summed E-state index contributed by atoms with van der Waals surface area (Å²) >= 11 is 3.35. The molecule has 0 saturated carbocycles. The van der Waals surface area contributed by atoms with Crippen LogP contribution in [0, 0.1) is 0 Å². The van der Waals surface area contributed by atoms with Crippen molar-refractivity contribution in [1.82, 2.24) is 9.47 Å². The first kappa shape index (κ1) is 14.8. The third-order valence-corrected chi connectivity index (χ3v) is 4.09. The minimum absolute atomic E-state index is 0.00859. The van der Waals surface area contributed by atoms with Crippen LogP contribution < -0.4 is 5.56 Å². The van der Waals surface area contributed by atoms with Crippen LogP contribution in [0.25, 0.3) is 0 Å². The van der Waals surface area contributed by atoms with Gasteiger partial charge >= 0.3 is 6.09 Å². The molecule has 2 aromatic rings. The average Bonchev–Trinajstić information content (AvgIpc) is 2.48. The van der Waals surface area contributed by atoms with E-state index in [9.17, 15) is 9.59 Å². The van der Waals surface area contributed by atoms with Gasteiger partial charge in [-0.2, -0.15) is 0 Å².